The molecule has 122 valence electrons. The molecule has 0 spiro atoms. The number of nitrogens with zero attached hydrogens (tertiary/aromatic N) is 5. The quantitative estimate of drug-likeness (QED) is 0.730. The van der Waals surface area contributed by atoms with Crippen LogP contribution >= 0.6 is 11.6 Å². The Hall–Kier alpha value is -2.67. The summed E-state index contributed by atoms with van der Waals surface area (Å²) in [6.07, 6.45) is 3.43. The number of carbonyl (C=O) groups excluding carboxylic acids is 1. The molecule has 0 bridgehead atoms. The molecule has 0 radical (unpaired) electrons. The maximum atomic E-state index is 12.9. The van der Waals surface area contributed by atoms with Crippen molar-refractivity contribution in [3.8, 4) is 11.3 Å². The highest BCUT2D eigenvalue weighted by Gasteiger charge is 2.36. The van der Waals surface area contributed by atoms with E-state index in [1.54, 1.807) is 35.0 Å². The van der Waals surface area contributed by atoms with Gasteiger partial charge in [0.05, 0.1) is 17.3 Å². The van der Waals surface area contributed by atoms with Gasteiger partial charge in [0.2, 0.25) is 0 Å². The van der Waals surface area contributed by atoms with Crippen LogP contribution in [0.4, 0.5) is 0 Å². The number of likely N-dealkylation sites (tertiary alicyclic amines) is 1. The monoisotopic (exact) mass is 343 g/mol. The number of aryl methyl sites for hydroxylation is 1. The maximum Gasteiger partial charge on any atom is 0.259 e. The first-order valence-corrected chi connectivity index (χ1v) is 7.89. The molecule has 0 saturated carbocycles. The molecular weight excluding hydrogens is 330 g/mol. The van der Waals surface area contributed by atoms with Gasteiger partial charge in [-0.05, 0) is 13.0 Å². The van der Waals surface area contributed by atoms with Crippen LogP contribution in [0.25, 0.3) is 11.3 Å². The molecule has 0 atom stereocenters. The zero-order chi connectivity index (χ0) is 16.7. The number of hydrogen-bond donors (Lipinski definition) is 0. The smallest absolute Gasteiger partial charge is 0.259 e. The lowest BCUT2D eigenvalue weighted by Crippen LogP contribution is -2.51. The van der Waals surface area contributed by atoms with Crippen LogP contribution in [0.15, 0.2) is 41.2 Å². The zero-order valence-corrected chi connectivity index (χ0v) is 13.6. The maximum absolute atomic E-state index is 12.9. The predicted molar refractivity (Wildman–Crippen MR) is 86.6 cm³/mol. The summed E-state index contributed by atoms with van der Waals surface area (Å²) in [7, 11) is 0. The molecule has 3 heterocycles. The third kappa shape index (κ3) is 2.37. The van der Waals surface area contributed by atoms with Crippen molar-refractivity contribution in [3.05, 3.63) is 53.0 Å². The van der Waals surface area contributed by atoms with Crippen molar-refractivity contribution < 1.29 is 9.32 Å². The van der Waals surface area contributed by atoms with E-state index in [1.807, 2.05) is 18.2 Å². The van der Waals surface area contributed by atoms with Crippen LogP contribution in [0.3, 0.4) is 0 Å². The highest BCUT2D eigenvalue weighted by Crippen LogP contribution is 2.33. The SMILES string of the molecule is Cc1onc(-c2ccccc2Cl)c1C(=O)N1CC(n2ccnn2)C1. The number of halogens is 1. The molecule has 1 fully saturated rings. The van der Waals surface area contributed by atoms with Gasteiger partial charge in [-0.3, -0.25) is 4.79 Å². The van der Waals surface area contributed by atoms with E-state index >= 15 is 0 Å². The van der Waals surface area contributed by atoms with Crippen molar-refractivity contribution >= 4 is 17.5 Å². The van der Waals surface area contributed by atoms with Crippen molar-refractivity contribution in [2.75, 3.05) is 13.1 Å². The Morgan fingerprint density at radius 3 is 2.83 bits per heavy atom. The van der Waals surface area contributed by atoms with Crippen LogP contribution < -0.4 is 0 Å². The van der Waals surface area contributed by atoms with Crippen LogP contribution in [-0.2, 0) is 0 Å². The van der Waals surface area contributed by atoms with Gasteiger partial charge in [-0.15, -0.1) is 5.10 Å². The molecule has 0 aliphatic carbocycles. The summed E-state index contributed by atoms with van der Waals surface area (Å²) >= 11 is 6.24. The number of amides is 1. The molecular formula is C16H14ClN5O2. The van der Waals surface area contributed by atoms with Crippen LogP contribution in [0.2, 0.25) is 5.02 Å². The van der Waals surface area contributed by atoms with E-state index in [4.69, 9.17) is 16.1 Å². The lowest BCUT2D eigenvalue weighted by molar-refractivity contribution is 0.0497. The van der Waals surface area contributed by atoms with Crippen molar-refractivity contribution in [2.24, 2.45) is 0 Å². The molecule has 0 N–H and O–H groups in total. The van der Waals surface area contributed by atoms with Gasteiger partial charge in [-0.2, -0.15) is 0 Å². The van der Waals surface area contributed by atoms with Gasteiger partial charge < -0.3 is 9.42 Å². The highest BCUT2D eigenvalue weighted by molar-refractivity contribution is 6.33. The van der Waals surface area contributed by atoms with Crippen LogP contribution in [0.1, 0.15) is 22.2 Å². The fourth-order valence-electron chi connectivity index (χ4n) is 2.82. The van der Waals surface area contributed by atoms with Gasteiger partial charge in [0, 0.05) is 24.8 Å². The average molecular weight is 344 g/mol. The van der Waals surface area contributed by atoms with E-state index in [1.165, 1.54) is 0 Å². The second-order valence-corrected chi connectivity index (χ2v) is 6.10. The fourth-order valence-corrected chi connectivity index (χ4v) is 3.05. The van der Waals surface area contributed by atoms with E-state index < -0.39 is 0 Å². The summed E-state index contributed by atoms with van der Waals surface area (Å²) in [6, 6.07) is 7.42. The van der Waals surface area contributed by atoms with Crippen LogP contribution in [0, 0.1) is 6.92 Å². The number of hydrogen-bond acceptors (Lipinski definition) is 5. The van der Waals surface area contributed by atoms with Gasteiger partial charge in [-0.1, -0.05) is 40.2 Å². The van der Waals surface area contributed by atoms with E-state index in [0.717, 1.165) is 0 Å². The zero-order valence-electron chi connectivity index (χ0n) is 12.9. The van der Waals surface area contributed by atoms with E-state index in [2.05, 4.69) is 15.5 Å². The van der Waals surface area contributed by atoms with Crippen molar-refractivity contribution in [1.82, 2.24) is 25.1 Å². The summed E-state index contributed by atoms with van der Waals surface area (Å²) in [5.74, 6) is 0.374. The van der Waals surface area contributed by atoms with Gasteiger partial charge in [0.1, 0.15) is 17.0 Å². The average Bonchev–Trinajstić information content (AvgIpc) is 3.16. The fraction of sp³-hybridized carbons (Fsp3) is 0.250. The Balaban J connectivity index is 1.60. The standard InChI is InChI=1S/C16H14ClN5O2/c1-10-14(15(19-24-10)12-4-2-3-5-13(12)17)16(23)21-8-11(9-21)22-7-6-18-20-22/h2-7,11H,8-9H2,1H3. The number of rotatable bonds is 3. The Bertz CT molecular complexity index is 884. The summed E-state index contributed by atoms with van der Waals surface area (Å²) in [4.78, 5) is 14.6. The van der Waals surface area contributed by atoms with Gasteiger partial charge in [0.25, 0.3) is 5.91 Å². The summed E-state index contributed by atoms with van der Waals surface area (Å²) in [5.41, 5.74) is 1.63. The Morgan fingerprint density at radius 2 is 2.12 bits per heavy atom. The lowest BCUT2D eigenvalue weighted by Gasteiger charge is -2.38. The summed E-state index contributed by atoms with van der Waals surface area (Å²) in [6.45, 7) is 2.89. The highest BCUT2D eigenvalue weighted by atomic mass is 35.5. The second kappa shape index (κ2) is 5.76. The third-order valence-corrected chi connectivity index (χ3v) is 4.50. The Labute approximate surface area is 142 Å². The topological polar surface area (TPSA) is 77.0 Å². The molecule has 1 amide bonds. The van der Waals surface area contributed by atoms with Crippen LogP contribution in [-0.4, -0.2) is 44.0 Å². The molecule has 7 nitrogen and oxygen atoms in total. The van der Waals surface area contributed by atoms with Gasteiger partial charge in [0.15, 0.2) is 0 Å². The van der Waals surface area contributed by atoms with E-state index in [9.17, 15) is 4.79 Å². The van der Waals surface area contributed by atoms with E-state index in [0.29, 0.717) is 40.7 Å². The normalized spacial score (nSPS) is 14.7. The molecule has 1 aliphatic rings. The Kier molecular flexibility index (Phi) is 3.57. The lowest BCUT2D eigenvalue weighted by atomic mass is 10.0. The largest absolute Gasteiger partial charge is 0.360 e. The molecule has 1 aromatic carbocycles. The number of benzene rings is 1. The number of carbonyl (C=O) groups is 1. The minimum Gasteiger partial charge on any atom is -0.360 e. The third-order valence-electron chi connectivity index (χ3n) is 4.17. The van der Waals surface area contributed by atoms with E-state index in [-0.39, 0.29) is 11.9 Å². The second-order valence-electron chi connectivity index (χ2n) is 5.69. The molecule has 1 saturated heterocycles. The van der Waals surface area contributed by atoms with Crippen LogP contribution in [0.5, 0.6) is 0 Å². The van der Waals surface area contributed by atoms with Crippen molar-refractivity contribution in [3.63, 3.8) is 0 Å². The molecule has 3 aromatic rings. The van der Waals surface area contributed by atoms with Gasteiger partial charge >= 0.3 is 0 Å². The predicted octanol–water partition coefficient (Wildman–Crippen LogP) is 2.59. The Morgan fingerprint density at radius 1 is 1.33 bits per heavy atom. The first-order chi connectivity index (χ1) is 11.6. The minimum absolute atomic E-state index is 0.111. The molecule has 24 heavy (non-hydrogen) atoms. The minimum atomic E-state index is -0.111. The summed E-state index contributed by atoms with van der Waals surface area (Å²) in [5, 5.41) is 12.3. The number of aromatic nitrogens is 4. The molecule has 8 heteroatoms. The first-order valence-electron chi connectivity index (χ1n) is 7.51. The van der Waals surface area contributed by atoms with Gasteiger partial charge in [-0.25, -0.2) is 4.68 Å². The van der Waals surface area contributed by atoms with Crippen molar-refractivity contribution in [2.45, 2.75) is 13.0 Å². The first kappa shape index (κ1) is 14.9. The van der Waals surface area contributed by atoms with Crippen molar-refractivity contribution in [1.29, 1.82) is 0 Å². The molecule has 4 rings (SSSR count). The summed E-state index contributed by atoms with van der Waals surface area (Å²) < 4.78 is 7.02. The molecule has 0 unspecified atom stereocenters. The molecule has 1 aliphatic heterocycles. The molecule has 2 aromatic heterocycles.